The summed E-state index contributed by atoms with van der Waals surface area (Å²) >= 11 is 10.2. The molecule has 1 aliphatic rings. The summed E-state index contributed by atoms with van der Waals surface area (Å²) < 4.78 is 5.95. The lowest BCUT2D eigenvalue weighted by Crippen LogP contribution is -2.27. The van der Waals surface area contributed by atoms with E-state index in [1.54, 1.807) is 43.5 Å². The number of halogens is 2. The Balaban J connectivity index is 1.92. The Morgan fingerprint density at radius 2 is 2.00 bits per heavy atom. The molecule has 0 aromatic heterocycles. The Morgan fingerprint density at radius 1 is 1.21 bits per heavy atom. The average Bonchev–Trinajstić information content (AvgIpc) is 2.81. The van der Waals surface area contributed by atoms with Crippen molar-refractivity contribution in [1.82, 2.24) is 0 Å². The molecule has 1 saturated heterocycles. The van der Waals surface area contributed by atoms with Gasteiger partial charge >= 0.3 is 0 Å². The number of imide groups is 1. The zero-order valence-electron chi connectivity index (χ0n) is 12.5. The zero-order chi connectivity index (χ0) is 17.3. The van der Waals surface area contributed by atoms with Crippen LogP contribution in [0.3, 0.4) is 0 Å². The van der Waals surface area contributed by atoms with Crippen LogP contribution in [0.25, 0.3) is 6.08 Å². The number of benzene rings is 2. The van der Waals surface area contributed by atoms with Crippen LogP contribution < -0.4 is 9.64 Å². The van der Waals surface area contributed by atoms with Crippen LogP contribution in [0.15, 0.2) is 51.8 Å². The van der Waals surface area contributed by atoms with E-state index in [2.05, 4.69) is 15.9 Å². The van der Waals surface area contributed by atoms with Gasteiger partial charge in [-0.15, -0.1) is 0 Å². The molecule has 0 bridgehead atoms. The average molecular weight is 425 g/mol. The monoisotopic (exact) mass is 423 g/mol. The molecule has 0 radical (unpaired) electrons. The van der Waals surface area contributed by atoms with Gasteiger partial charge in [0.05, 0.1) is 22.2 Å². The number of nitrogens with zero attached hydrogens (tertiary/aromatic N) is 1. The lowest BCUT2D eigenvalue weighted by Gasteiger charge is -2.12. The third-order valence-electron chi connectivity index (χ3n) is 3.33. The summed E-state index contributed by atoms with van der Waals surface area (Å²) in [4.78, 5) is 26.3. The van der Waals surface area contributed by atoms with Gasteiger partial charge in [-0.2, -0.15) is 0 Å². The van der Waals surface area contributed by atoms with Crippen molar-refractivity contribution in [1.29, 1.82) is 0 Å². The van der Waals surface area contributed by atoms with Gasteiger partial charge in [0, 0.05) is 5.02 Å². The molecule has 2 aromatic rings. The van der Waals surface area contributed by atoms with Gasteiger partial charge in [0.2, 0.25) is 0 Å². The van der Waals surface area contributed by atoms with Crippen molar-refractivity contribution in [3.63, 3.8) is 0 Å². The molecule has 122 valence electrons. The van der Waals surface area contributed by atoms with Gasteiger partial charge in [-0.1, -0.05) is 23.7 Å². The molecule has 4 nitrogen and oxygen atoms in total. The number of carbonyl (C=O) groups is 2. The highest BCUT2D eigenvalue weighted by molar-refractivity contribution is 9.10. The van der Waals surface area contributed by atoms with Gasteiger partial charge in [0.15, 0.2) is 0 Å². The van der Waals surface area contributed by atoms with E-state index in [0.29, 0.717) is 21.4 Å². The molecular weight excluding hydrogens is 414 g/mol. The molecule has 0 aliphatic carbocycles. The Hall–Kier alpha value is -1.76. The van der Waals surface area contributed by atoms with E-state index in [1.165, 1.54) is 0 Å². The predicted octanol–water partition coefficient (Wildman–Crippen LogP) is 5.35. The van der Waals surface area contributed by atoms with Crippen molar-refractivity contribution in [2.45, 2.75) is 0 Å². The summed E-state index contributed by atoms with van der Waals surface area (Å²) in [6, 6.07) is 12.1. The van der Waals surface area contributed by atoms with Crippen molar-refractivity contribution in [2.75, 3.05) is 12.0 Å². The lowest BCUT2D eigenvalue weighted by molar-refractivity contribution is -0.113. The molecule has 2 aromatic carbocycles. The first-order chi connectivity index (χ1) is 11.5. The largest absolute Gasteiger partial charge is 0.496 e. The van der Waals surface area contributed by atoms with Crippen LogP contribution in [-0.2, 0) is 4.79 Å². The summed E-state index contributed by atoms with van der Waals surface area (Å²) in [5.41, 5.74) is 1.25. The molecule has 0 atom stereocenters. The molecule has 0 N–H and O–H groups in total. The fourth-order valence-corrected chi connectivity index (χ4v) is 3.81. The van der Waals surface area contributed by atoms with E-state index in [9.17, 15) is 9.59 Å². The van der Waals surface area contributed by atoms with Crippen LogP contribution in [0.5, 0.6) is 5.75 Å². The van der Waals surface area contributed by atoms with Crippen LogP contribution >= 0.6 is 39.3 Å². The maximum absolute atomic E-state index is 12.6. The zero-order valence-corrected chi connectivity index (χ0v) is 15.6. The highest BCUT2D eigenvalue weighted by atomic mass is 79.9. The second kappa shape index (κ2) is 7.01. The molecule has 0 unspecified atom stereocenters. The van der Waals surface area contributed by atoms with Crippen molar-refractivity contribution < 1.29 is 14.3 Å². The predicted molar refractivity (Wildman–Crippen MR) is 101 cm³/mol. The van der Waals surface area contributed by atoms with Gasteiger partial charge in [0.1, 0.15) is 5.75 Å². The molecule has 1 fully saturated rings. The molecule has 0 saturated carbocycles. The maximum atomic E-state index is 12.6. The van der Waals surface area contributed by atoms with Crippen molar-refractivity contribution in [2.24, 2.45) is 0 Å². The highest BCUT2D eigenvalue weighted by Crippen LogP contribution is 2.37. The van der Waals surface area contributed by atoms with E-state index in [0.717, 1.165) is 26.7 Å². The van der Waals surface area contributed by atoms with Crippen molar-refractivity contribution >= 4 is 62.2 Å². The van der Waals surface area contributed by atoms with Gasteiger partial charge in [-0.3, -0.25) is 9.59 Å². The third kappa shape index (κ3) is 3.36. The molecule has 1 aliphatic heterocycles. The molecular formula is C17H11BrClNO3S. The number of rotatable bonds is 3. The first kappa shape index (κ1) is 17.1. The molecule has 0 spiro atoms. The molecule has 1 heterocycles. The Bertz CT molecular complexity index is 869. The van der Waals surface area contributed by atoms with Crippen molar-refractivity contribution in [3.8, 4) is 5.75 Å². The minimum absolute atomic E-state index is 0.346. The topological polar surface area (TPSA) is 46.6 Å². The number of hydrogen-bond acceptors (Lipinski definition) is 4. The van der Waals surface area contributed by atoms with Crippen LogP contribution in [0.1, 0.15) is 5.56 Å². The van der Waals surface area contributed by atoms with Crippen LogP contribution in [0, 0.1) is 0 Å². The summed E-state index contributed by atoms with van der Waals surface area (Å²) in [6.07, 6.45) is 1.68. The smallest absolute Gasteiger partial charge is 0.298 e. The minimum Gasteiger partial charge on any atom is -0.496 e. The number of hydrogen-bond donors (Lipinski definition) is 0. The Kier molecular flexibility index (Phi) is 4.99. The number of methoxy groups -OCH3 is 1. The normalized spacial score (nSPS) is 16.1. The van der Waals surface area contributed by atoms with Gasteiger partial charge in [-0.25, -0.2) is 4.90 Å². The second-order valence-corrected chi connectivity index (χ2v) is 7.17. The molecule has 3 rings (SSSR count). The number of thioether (sulfide) groups is 1. The van der Waals surface area contributed by atoms with E-state index < -0.39 is 0 Å². The first-order valence-corrected chi connectivity index (χ1v) is 8.85. The van der Waals surface area contributed by atoms with Crippen LogP contribution in [0.2, 0.25) is 5.02 Å². The summed E-state index contributed by atoms with van der Waals surface area (Å²) in [5, 5.41) is 0.121. The van der Waals surface area contributed by atoms with Crippen LogP contribution in [0.4, 0.5) is 10.5 Å². The Morgan fingerprint density at radius 3 is 2.67 bits per heavy atom. The summed E-state index contributed by atoms with van der Waals surface area (Å²) in [6.45, 7) is 0. The second-order valence-electron chi connectivity index (χ2n) is 4.89. The quantitative estimate of drug-likeness (QED) is 0.623. The van der Waals surface area contributed by atoms with Gasteiger partial charge in [0.25, 0.3) is 11.1 Å². The number of ether oxygens (including phenoxy) is 1. The van der Waals surface area contributed by atoms with E-state index in [4.69, 9.17) is 16.3 Å². The standard InChI is InChI=1S/C17H11BrClNO3S/c1-23-14-6-5-10(7-13(14)18)8-15-16(21)20(17(22)24-15)12-4-2-3-11(19)9-12/h2-9H,1H3/b15-8+. The van der Waals surface area contributed by atoms with Crippen molar-refractivity contribution in [3.05, 3.63) is 62.4 Å². The summed E-state index contributed by atoms with van der Waals surface area (Å²) in [5.74, 6) is 0.332. The Labute approximate surface area is 156 Å². The molecule has 24 heavy (non-hydrogen) atoms. The number of carbonyl (C=O) groups excluding carboxylic acids is 2. The lowest BCUT2D eigenvalue weighted by atomic mass is 10.2. The van der Waals surface area contributed by atoms with Crippen LogP contribution in [-0.4, -0.2) is 18.3 Å². The molecule has 2 amide bonds. The minimum atomic E-state index is -0.362. The van der Waals surface area contributed by atoms with Gasteiger partial charge in [-0.05, 0) is 69.7 Å². The SMILES string of the molecule is COc1ccc(/C=C2/SC(=O)N(c3cccc(Cl)c3)C2=O)cc1Br. The third-order valence-corrected chi connectivity index (χ3v) is 5.06. The van der Waals surface area contributed by atoms with Gasteiger partial charge < -0.3 is 4.74 Å². The maximum Gasteiger partial charge on any atom is 0.298 e. The molecule has 7 heteroatoms. The highest BCUT2D eigenvalue weighted by Gasteiger charge is 2.36. The number of anilines is 1. The number of amides is 2. The van der Waals surface area contributed by atoms with E-state index in [-0.39, 0.29) is 11.1 Å². The summed E-state index contributed by atoms with van der Waals surface area (Å²) in [7, 11) is 1.58. The van der Waals surface area contributed by atoms with E-state index in [1.807, 2.05) is 12.1 Å². The van der Waals surface area contributed by atoms with E-state index >= 15 is 0 Å². The fourth-order valence-electron chi connectivity index (χ4n) is 2.23. The fraction of sp³-hybridized carbons (Fsp3) is 0.0588. The first-order valence-electron chi connectivity index (χ1n) is 6.86.